The molecular formula is C17H18N2O2. The normalized spacial score (nSPS) is 12.5. The van der Waals surface area contributed by atoms with Crippen LogP contribution in [0.25, 0.3) is 11.1 Å². The van der Waals surface area contributed by atoms with E-state index in [9.17, 15) is 0 Å². The van der Waals surface area contributed by atoms with Gasteiger partial charge in [-0.2, -0.15) is 0 Å². The van der Waals surface area contributed by atoms with E-state index in [0.717, 1.165) is 16.8 Å². The van der Waals surface area contributed by atoms with Gasteiger partial charge in [0.1, 0.15) is 5.52 Å². The minimum atomic E-state index is 0.0987. The monoisotopic (exact) mass is 282 g/mol. The zero-order valence-electron chi connectivity index (χ0n) is 12.2. The number of nitrogens with zero attached hydrogens (tertiary/aromatic N) is 1. The molecule has 1 atom stereocenters. The Morgan fingerprint density at radius 1 is 1.19 bits per heavy atom. The van der Waals surface area contributed by atoms with Gasteiger partial charge in [-0.3, -0.25) is 0 Å². The highest BCUT2D eigenvalue weighted by molar-refractivity contribution is 5.77. The molecule has 0 aliphatic carbocycles. The Labute approximate surface area is 123 Å². The summed E-state index contributed by atoms with van der Waals surface area (Å²) in [5.74, 6) is 0.679. The Balaban J connectivity index is 1.86. The molecule has 2 aromatic carbocycles. The van der Waals surface area contributed by atoms with Crippen molar-refractivity contribution in [1.29, 1.82) is 0 Å². The minimum absolute atomic E-state index is 0.0987. The predicted octanol–water partition coefficient (Wildman–Crippen LogP) is 3.94. The molecule has 1 heterocycles. The lowest BCUT2D eigenvalue weighted by molar-refractivity contribution is 0.186. The van der Waals surface area contributed by atoms with Crippen LogP contribution in [-0.2, 0) is 4.74 Å². The van der Waals surface area contributed by atoms with Gasteiger partial charge in [-0.1, -0.05) is 30.3 Å². The van der Waals surface area contributed by atoms with Crippen molar-refractivity contribution in [2.75, 3.05) is 19.0 Å². The maximum Gasteiger partial charge on any atom is 0.192 e. The van der Waals surface area contributed by atoms with E-state index in [2.05, 4.69) is 22.4 Å². The lowest BCUT2D eigenvalue weighted by atomic mass is 10.1. The average Bonchev–Trinajstić information content (AvgIpc) is 2.87. The smallest absolute Gasteiger partial charge is 0.192 e. The molecule has 0 aliphatic heterocycles. The van der Waals surface area contributed by atoms with Gasteiger partial charge in [-0.25, -0.2) is 4.98 Å². The van der Waals surface area contributed by atoms with E-state index in [1.54, 1.807) is 7.11 Å². The quantitative estimate of drug-likeness (QED) is 0.770. The molecule has 0 saturated heterocycles. The fourth-order valence-corrected chi connectivity index (χ4v) is 2.41. The fourth-order valence-electron chi connectivity index (χ4n) is 2.41. The predicted molar refractivity (Wildman–Crippen MR) is 83.4 cm³/mol. The third-order valence-corrected chi connectivity index (χ3v) is 3.37. The lowest BCUT2D eigenvalue weighted by Gasteiger charge is -2.19. The van der Waals surface area contributed by atoms with Crippen LogP contribution in [0.1, 0.15) is 17.5 Å². The van der Waals surface area contributed by atoms with Crippen molar-refractivity contribution in [2.45, 2.75) is 13.0 Å². The van der Waals surface area contributed by atoms with E-state index in [1.807, 2.05) is 43.3 Å². The van der Waals surface area contributed by atoms with Gasteiger partial charge in [0.2, 0.25) is 0 Å². The number of aromatic nitrogens is 1. The first-order chi connectivity index (χ1) is 10.3. The second-order valence-electron chi connectivity index (χ2n) is 4.98. The summed E-state index contributed by atoms with van der Waals surface area (Å²) in [7, 11) is 1.71. The fraction of sp³-hybridized carbons (Fsp3) is 0.235. The molecule has 3 aromatic rings. The molecule has 1 unspecified atom stereocenters. The number of anilines is 1. The van der Waals surface area contributed by atoms with E-state index in [4.69, 9.17) is 9.15 Å². The summed E-state index contributed by atoms with van der Waals surface area (Å²) in [6, 6.07) is 16.3. The van der Waals surface area contributed by atoms with E-state index >= 15 is 0 Å². The number of oxazole rings is 1. The van der Waals surface area contributed by atoms with Gasteiger partial charge in [-0.05, 0) is 23.8 Å². The molecular weight excluding hydrogens is 264 g/mol. The van der Waals surface area contributed by atoms with Crippen molar-refractivity contribution in [3.63, 3.8) is 0 Å². The van der Waals surface area contributed by atoms with Crippen molar-refractivity contribution >= 4 is 16.8 Å². The maximum atomic E-state index is 5.50. The highest BCUT2D eigenvalue weighted by Crippen LogP contribution is 2.24. The number of ether oxygens (including phenoxy) is 1. The Bertz CT molecular complexity index is 722. The molecule has 0 saturated carbocycles. The molecule has 0 aliphatic rings. The summed E-state index contributed by atoms with van der Waals surface area (Å²) in [6.07, 6.45) is 0. The first kappa shape index (κ1) is 13.6. The summed E-state index contributed by atoms with van der Waals surface area (Å²) in [4.78, 5) is 4.36. The van der Waals surface area contributed by atoms with Crippen LogP contribution in [0.2, 0.25) is 0 Å². The van der Waals surface area contributed by atoms with Gasteiger partial charge in [-0.15, -0.1) is 0 Å². The van der Waals surface area contributed by atoms with Crippen LogP contribution in [0, 0.1) is 6.92 Å². The van der Waals surface area contributed by atoms with Gasteiger partial charge < -0.3 is 14.5 Å². The van der Waals surface area contributed by atoms with Gasteiger partial charge in [0, 0.05) is 19.7 Å². The van der Waals surface area contributed by atoms with Gasteiger partial charge in [0.15, 0.2) is 11.5 Å². The summed E-state index contributed by atoms with van der Waals surface area (Å²) >= 11 is 0. The molecule has 0 spiro atoms. The second kappa shape index (κ2) is 5.97. The molecule has 3 rings (SSSR count). The van der Waals surface area contributed by atoms with E-state index in [0.29, 0.717) is 12.5 Å². The second-order valence-corrected chi connectivity index (χ2v) is 4.98. The molecule has 21 heavy (non-hydrogen) atoms. The zero-order chi connectivity index (χ0) is 14.7. The highest BCUT2D eigenvalue weighted by Gasteiger charge is 2.12. The lowest BCUT2D eigenvalue weighted by Crippen LogP contribution is -2.16. The van der Waals surface area contributed by atoms with E-state index in [-0.39, 0.29) is 6.04 Å². The van der Waals surface area contributed by atoms with E-state index in [1.165, 1.54) is 5.56 Å². The van der Waals surface area contributed by atoms with Crippen molar-refractivity contribution in [2.24, 2.45) is 0 Å². The Morgan fingerprint density at radius 3 is 2.76 bits per heavy atom. The van der Waals surface area contributed by atoms with Crippen LogP contribution in [-0.4, -0.2) is 18.7 Å². The van der Waals surface area contributed by atoms with Gasteiger partial charge in [0.25, 0.3) is 0 Å². The Kier molecular flexibility index (Phi) is 3.88. The van der Waals surface area contributed by atoms with Crippen LogP contribution < -0.4 is 5.32 Å². The van der Waals surface area contributed by atoms with Crippen LogP contribution in [0.3, 0.4) is 0 Å². The zero-order valence-corrected chi connectivity index (χ0v) is 12.2. The summed E-state index contributed by atoms with van der Waals surface area (Å²) < 4.78 is 10.8. The third kappa shape index (κ3) is 3.06. The number of rotatable bonds is 5. The molecule has 1 N–H and O–H groups in total. The number of hydrogen-bond acceptors (Lipinski definition) is 4. The minimum Gasteiger partial charge on any atom is -0.441 e. The van der Waals surface area contributed by atoms with Crippen molar-refractivity contribution in [3.05, 3.63) is 60.0 Å². The van der Waals surface area contributed by atoms with Crippen LogP contribution in [0.5, 0.6) is 0 Å². The average molecular weight is 282 g/mol. The first-order valence-corrected chi connectivity index (χ1v) is 6.94. The number of hydrogen-bond donors (Lipinski definition) is 1. The molecule has 1 aromatic heterocycles. The number of aryl methyl sites for hydroxylation is 1. The Morgan fingerprint density at radius 2 is 2.00 bits per heavy atom. The largest absolute Gasteiger partial charge is 0.441 e. The Hall–Kier alpha value is -2.33. The highest BCUT2D eigenvalue weighted by atomic mass is 16.5. The first-order valence-electron chi connectivity index (χ1n) is 6.94. The molecule has 4 heteroatoms. The molecule has 0 fully saturated rings. The third-order valence-electron chi connectivity index (χ3n) is 3.37. The standard InChI is InChI=1S/C17H18N2O2/c1-12-18-15-10-14(8-9-17(15)21-12)19-16(11-20-2)13-6-4-3-5-7-13/h3-10,16,19H,11H2,1-2H3. The number of benzene rings is 2. The maximum absolute atomic E-state index is 5.50. The van der Waals surface area contributed by atoms with Crippen LogP contribution in [0.15, 0.2) is 52.9 Å². The summed E-state index contributed by atoms with van der Waals surface area (Å²) in [5, 5.41) is 3.49. The van der Waals surface area contributed by atoms with Crippen LogP contribution in [0.4, 0.5) is 5.69 Å². The number of nitrogens with one attached hydrogen (secondary N) is 1. The summed E-state index contributed by atoms with van der Waals surface area (Å²) in [6.45, 7) is 2.45. The van der Waals surface area contributed by atoms with Crippen molar-refractivity contribution < 1.29 is 9.15 Å². The molecule has 0 bridgehead atoms. The number of methoxy groups -OCH3 is 1. The van der Waals surface area contributed by atoms with Crippen LogP contribution >= 0.6 is 0 Å². The summed E-state index contributed by atoms with van der Waals surface area (Å²) in [5.41, 5.74) is 3.86. The van der Waals surface area contributed by atoms with Gasteiger partial charge >= 0.3 is 0 Å². The SMILES string of the molecule is COCC(Nc1ccc2oc(C)nc2c1)c1ccccc1. The van der Waals surface area contributed by atoms with Crippen molar-refractivity contribution in [3.8, 4) is 0 Å². The molecule has 0 amide bonds. The topological polar surface area (TPSA) is 47.3 Å². The number of fused-ring (bicyclic) bond motifs is 1. The molecule has 108 valence electrons. The van der Waals surface area contributed by atoms with E-state index < -0.39 is 0 Å². The molecule has 0 radical (unpaired) electrons. The van der Waals surface area contributed by atoms with Gasteiger partial charge in [0.05, 0.1) is 12.6 Å². The molecule has 4 nitrogen and oxygen atoms in total. The van der Waals surface area contributed by atoms with Crippen molar-refractivity contribution in [1.82, 2.24) is 4.98 Å².